The first kappa shape index (κ1) is 10.9. The lowest BCUT2D eigenvalue weighted by atomic mass is 10.4. The lowest BCUT2D eigenvalue weighted by Crippen LogP contribution is -2.12. The van der Waals surface area contributed by atoms with Crippen molar-refractivity contribution in [2.24, 2.45) is 7.05 Å². The molecule has 0 saturated carbocycles. The molecule has 2 aromatic heterocycles. The molecule has 0 unspecified atom stereocenters. The van der Waals surface area contributed by atoms with E-state index in [4.69, 9.17) is 5.26 Å². The number of nitrogens with one attached hydrogen (secondary N) is 1. The third-order valence-electron chi connectivity index (χ3n) is 2.15. The summed E-state index contributed by atoms with van der Waals surface area (Å²) in [6, 6.07) is 7.95. The molecule has 4 nitrogen and oxygen atoms in total. The van der Waals surface area contributed by atoms with Crippen LogP contribution in [0, 0.1) is 11.3 Å². The van der Waals surface area contributed by atoms with Gasteiger partial charge in [0.1, 0.15) is 10.9 Å². The summed E-state index contributed by atoms with van der Waals surface area (Å²) < 4.78 is 1.79. The topological polar surface area (TPSA) is 53.6 Å². The van der Waals surface area contributed by atoms with Gasteiger partial charge in [-0.3, -0.25) is 4.68 Å². The summed E-state index contributed by atoms with van der Waals surface area (Å²) in [6.07, 6.45) is 1.93. The largest absolute Gasteiger partial charge is 0.306 e. The molecule has 0 saturated heterocycles. The van der Waals surface area contributed by atoms with E-state index in [2.05, 4.69) is 16.5 Å². The highest BCUT2D eigenvalue weighted by Gasteiger charge is 2.00. The smallest absolute Gasteiger partial charge is 0.110 e. The second kappa shape index (κ2) is 4.92. The van der Waals surface area contributed by atoms with Crippen molar-refractivity contribution in [1.82, 2.24) is 15.1 Å². The summed E-state index contributed by atoms with van der Waals surface area (Å²) in [6.45, 7) is 1.53. The van der Waals surface area contributed by atoms with E-state index in [1.807, 2.05) is 31.4 Å². The molecule has 0 spiro atoms. The average molecular weight is 232 g/mol. The van der Waals surface area contributed by atoms with Crippen LogP contribution in [-0.2, 0) is 20.1 Å². The van der Waals surface area contributed by atoms with Crippen LogP contribution >= 0.6 is 11.3 Å². The van der Waals surface area contributed by atoms with Gasteiger partial charge in [0, 0.05) is 31.2 Å². The summed E-state index contributed by atoms with van der Waals surface area (Å²) in [4.78, 5) is 1.93. The Labute approximate surface area is 98.1 Å². The zero-order valence-electron chi connectivity index (χ0n) is 8.97. The van der Waals surface area contributed by atoms with Crippen LogP contribution in [0.15, 0.2) is 24.4 Å². The van der Waals surface area contributed by atoms with Crippen LogP contribution in [-0.4, -0.2) is 9.78 Å². The summed E-state index contributed by atoms with van der Waals surface area (Å²) in [5.41, 5.74) is 1.03. The lowest BCUT2D eigenvalue weighted by molar-refractivity contribution is 0.661. The number of aromatic nitrogens is 2. The molecule has 0 amide bonds. The molecule has 1 N–H and O–H groups in total. The number of nitrogens with zero attached hydrogens (tertiary/aromatic N) is 3. The van der Waals surface area contributed by atoms with Crippen LogP contribution in [0.3, 0.4) is 0 Å². The van der Waals surface area contributed by atoms with Crippen LogP contribution in [0.5, 0.6) is 0 Å². The van der Waals surface area contributed by atoms with Crippen LogP contribution in [0.25, 0.3) is 0 Å². The zero-order valence-corrected chi connectivity index (χ0v) is 9.79. The molecule has 0 aromatic carbocycles. The minimum absolute atomic E-state index is 0.751. The van der Waals surface area contributed by atoms with Gasteiger partial charge < -0.3 is 5.32 Å². The van der Waals surface area contributed by atoms with Gasteiger partial charge in [-0.25, -0.2) is 0 Å². The lowest BCUT2D eigenvalue weighted by Gasteiger charge is -1.99. The molecule has 0 aliphatic heterocycles. The van der Waals surface area contributed by atoms with Crippen molar-refractivity contribution in [2.45, 2.75) is 13.1 Å². The second-order valence-electron chi connectivity index (χ2n) is 3.46. The van der Waals surface area contributed by atoms with Crippen LogP contribution in [0.1, 0.15) is 15.4 Å². The Morgan fingerprint density at radius 2 is 2.31 bits per heavy atom. The van der Waals surface area contributed by atoms with Crippen molar-refractivity contribution < 1.29 is 0 Å². The number of aryl methyl sites for hydroxylation is 1. The van der Waals surface area contributed by atoms with Crippen LogP contribution < -0.4 is 5.32 Å². The van der Waals surface area contributed by atoms with Gasteiger partial charge >= 0.3 is 0 Å². The van der Waals surface area contributed by atoms with E-state index in [1.165, 1.54) is 16.2 Å². The van der Waals surface area contributed by atoms with Crippen molar-refractivity contribution in [3.8, 4) is 6.07 Å². The Bertz CT molecular complexity index is 506. The van der Waals surface area contributed by atoms with Crippen molar-refractivity contribution >= 4 is 11.3 Å². The Morgan fingerprint density at radius 1 is 1.44 bits per heavy atom. The molecule has 0 bridgehead atoms. The van der Waals surface area contributed by atoms with E-state index in [-0.39, 0.29) is 0 Å². The maximum absolute atomic E-state index is 8.68. The van der Waals surface area contributed by atoms with E-state index >= 15 is 0 Å². The van der Waals surface area contributed by atoms with E-state index in [0.717, 1.165) is 23.7 Å². The fraction of sp³-hybridized carbons (Fsp3) is 0.273. The van der Waals surface area contributed by atoms with E-state index in [9.17, 15) is 0 Å². The Balaban J connectivity index is 1.82. The van der Waals surface area contributed by atoms with Gasteiger partial charge in [-0.15, -0.1) is 11.3 Å². The van der Waals surface area contributed by atoms with Gasteiger partial charge in [-0.1, -0.05) is 0 Å². The summed E-state index contributed by atoms with van der Waals surface area (Å²) in [5.74, 6) is 0. The maximum Gasteiger partial charge on any atom is 0.110 e. The van der Waals surface area contributed by atoms with Crippen LogP contribution in [0.4, 0.5) is 0 Å². The maximum atomic E-state index is 8.68. The number of nitriles is 1. The van der Waals surface area contributed by atoms with E-state index < -0.39 is 0 Å². The first-order chi connectivity index (χ1) is 7.78. The molecule has 0 fully saturated rings. The van der Waals surface area contributed by atoms with E-state index in [0.29, 0.717) is 0 Å². The zero-order chi connectivity index (χ0) is 11.4. The highest BCUT2D eigenvalue weighted by molar-refractivity contribution is 7.12. The molecule has 82 valence electrons. The molecule has 0 aliphatic carbocycles. The van der Waals surface area contributed by atoms with Crippen molar-refractivity contribution in [3.63, 3.8) is 0 Å². The third-order valence-corrected chi connectivity index (χ3v) is 3.14. The van der Waals surface area contributed by atoms with Crippen molar-refractivity contribution in [3.05, 3.63) is 39.8 Å². The molecule has 5 heteroatoms. The highest BCUT2D eigenvalue weighted by atomic mass is 32.1. The summed E-state index contributed by atoms with van der Waals surface area (Å²) in [7, 11) is 1.90. The minimum atomic E-state index is 0.751. The SMILES string of the molecule is Cn1ccc(CNCc2ccc(C#N)s2)n1. The highest BCUT2D eigenvalue weighted by Crippen LogP contribution is 2.14. The normalized spacial score (nSPS) is 10.2. The van der Waals surface area contributed by atoms with E-state index in [1.54, 1.807) is 4.68 Å². The first-order valence-corrected chi connectivity index (χ1v) is 5.77. The molecular formula is C11H12N4S. The molecule has 2 rings (SSSR count). The standard InChI is InChI=1S/C11H12N4S/c1-15-5-4-9(14-15)7-13-8-11-3-2-10(6-12)16-11/h2-5,13H,7-8H2,1H3. The number of thiophene rings is 1. The Morgan fingerprint density at radius 3 is 2.94 bits per heavy atom. The third kappa shape index (κ3) is 2.69. The first-order valence-electron chi connectivity index (χ1n) is 4.96. The van der Waals surface area contributed by atoms with Crippen LogP contribution in [0.2, 0.25) is 0 Å². The van der Waals surface area contributed by atoms with Gasteiger partial charge in [0.2, 0.25) is 0 Å². The summed E-state index contributed by atoms with van der Waals surface area (Å²) in [5, 5.41) is 16.2. The minimum Gasteiger partial charge on any atom is -0.306 e. The monoisotopic (exact) mass is 232 g/mol. The number of hydrogen-bond donors (Lipinski definition) is 1. The number of rotatable bonds is 4. The van der Waals surface area contributed by atoms with Gasteiger partial charge in [0.25, 0.3) is 0 Å². The quantitative estimate of drug-likeness (QED) is 0.872. The summed E-state index contributed by atoms with van der Waals surface area (Å²) >= 11 is 1.52. The fourth-order valence-corrected chi connectivity index (χ4v) is 2.18. The fourth-order valence-electron chi connectivity index (χ4n) is 1.40. The van der Waals surface area contributed by atoms with Gasteiger partial charge in [-0.05, 0) is 18.2 Å². The van der Waals surface area contributed by atoms with Gasteiger partial charge in [-0.2, -0.15) is 10.4 Å². The van der Waals surface area contributed by atoms with Crippen molar-refractivity contribution in [2.75, 3.05) is 0 Å². The average Bonchev–Trinajstić information content (AvgIpc) is 2.88. The van der Waals surface area contributed by atoms with Gasteiger partial charge in [0.05, 0.1) is 5.69 Å². The molecular weight excluding hydrogens is 220 g/mol. The van der Waals surface area contributed by atoms with Gasteiger partial charge in [0.15, 0.2) is 0 Å². The Kier molecular flexibility index (Phi) is 3.34. The van der Waals surface area contributed by atoms with Crippen molar-refractivity contribution in [1.29, 1.82) is 5.26 Å². The molecule has 0 aliphatic rings. The predicted molar refractivity (Wildman–Crippen MR) is 62.8 cm³/mol. The molecule has 0 radical (unpaired) electrons. The molecule has 0 atom stereocenters. The molecule has 16 heavy (non-hydrogen) atoms. The predicted octanol–water partition coefficient (Wildman–Crippen LogP) is 1.64. The molecule has 2 heterocycles. The number of hydrogen-bond acceptors (Lipinski definition) is 4. The second-order valence-corrected chi connectivity index (χ2v) is 4.63. The Hall–Kier alpha value is -1.64. The molecule has 2 aromatic rings.